The molecule has 0 aliphatic carbocycles. The van der Waals surface area contributed by atoms with Gasteiger partial charge in [-0.3, -0.25) is 14.5 Å². The van der Waals surface area contributed by atoms with E-state index in [9.17, 15) is 9.59 Å². The topological polar surface area (TPSA) is 87.5 Å². The number of rotatable bonds is 3. The first-order chi connectivity index (χ1) is 9.54. The van der Waals surface area contributed by atoms with Crippen molar-refractivity contribution in [1.82, 2.24) is 10.2 Å². The molecule has 1 fully saturated rings. The molecule has 4 N–H and O–H groups in total. The molecule has 2 rings (SSSR count). The molecule has 0 unspecified atom stereocenters. The minimum atomic E-state index is -0.173. The lowest BCUT2D eigenvalue weighted by Crippen LogP contribution is -2.35. The van der Waals surface area contributed by atoms with E-state index in [-0.39, 0.29) is 18.4 Å². The summed E-state index contributed by atoms with van der Waals surface area (Å²) in [6.45, 7) is 2.01. The van der Waals surface area contributed by atoms with Crippen molar-refractivity contribution in [3.05, 3.63) is 23.2 Å². The van der Waals surface area contributed by atoms with Gasteiger partial charge in [0.15, 0.2) is 0 Å². The standard InChI is InChI=1S/C13H17ClN4O2/c14-9-1-2-10(15)11(7-9)17-13(20)8-18-5-3-12(19)16-4-6-18/h1-2,7H,3-6,8,15H2,(H,16,19)(H,17,20). The van der Waals surface area contributed by atoms with Gasteiger partial charge in [0.05, 0.1) is 17.9 Å². The van der Waals surface area contributed by atoms with Gasteiger partial charge in [0.1, 0.15) is 0 Å². The van der Waals surface area contributed by atoms with Gasteiger partial charge in [-0.2, -0.15) is 0 Å². The lowest BCUT2D eigenvalue weighted by atomic mass is 10.2. The molecular weight excluding hydrogens is 280 g/mol. The Balaban J connectivity index is 1.91. The summed E-state index contributed by atoms with van der Waals surface area (Å²) in [5.74, 6) is -0.152. The highest BCUT2D eigenvalue weighted by atomic mass is 35.5. The third-order valence-corrected chi connectivity index (χ3v) is 3.30. The number of hydrogen-bond acceptors (Lipinski definition) is 4. The van der Waals surface area contributed by atoms with Gasteiger partial charge >= 0.3 is 0 Å². The summed E-state index contributed by atoms with van der Waals surface area (Å²) in [4.78, 5) is 25.1. The van der Waals surface area contributed by atoms with Gasteiger partial charge in [-0.1, -0.05) is 11.6 Å². The number of benzene rings is 1. The van der Waals surface area contributed by atoms with Gasteiger partial charge in [-0.25, -0.2) is 0 Å². The van der Waals surface area contributed by atoms with Crippen LogP contribution in [0.3, 0.4) is 0 Å². The van der Waals surface area contributed by atoms with Crippen molar-refractivity contribution in [2.75, 3.05) is 37.2 Å². The molecule has 6 nitrogen and oxygen atoms in total. The molecule has 2 amide bonds. The molecule has 7 heteroatoms. The Bertz CT molecular complexity index is 521. The van der Waals surface area contributed by atoms with E-state index in [0.29, 0.717) is 42.5 Å². The van der Waals surface area contributed by atoms with Gasteiger partial charge in [-0.15, -0.1) is 0 Å². The third kappa shape index (κ3) is 4.11. The molecule has 1 aromatic carbocycles. The van der Waals surface area contributed by atoms with Gasteiger partial charge < -0.3 is 16.4 Å². The van der Waals surface area contributed by atoms with Crippen LogP contribution in [0.15, 0.2) is 18.2 Å². The summed E-state index contributed by atoms with van der Waals surface area (Å²) < 4.78 is 0. The van der Waals surface area contributed by atoms with Crippen molar-refractivity contribution in [3.63, 3.8) is 0 Å². The van der Waals surface area contributed by atoms with E-state index >= 15 is 0 Å². The first-order valence-electron chi connectivity index (χ1n) is 6.38. The molecule has 0 radical (unpaired) electrons. The second kappa shape index (κ2) is 6.58. The molecule has 1 aliphatic heterocycles. The summed E-state index contributed by atoms with van der Waals surface area (Å²) in [5.41, 5.74) is 6.75. The molecule has 1 heterocycles. The molecule has 0 bridgehead atoms. The maximum atomic E-state index is 12.0. The van der Waals surface area contributed by atoms with Crippen molar-refractivity contribution in [3.8, 4) is 0 Å². The van der Waals surface area contributed by atoms with E-state index in [1.54, 1.807) is 18.2 Å². The minimum Gasteiger partial charge on any atom is -0.397 e. The number of nitrogens with zero attached hydrogens (tertiary/aromatic N) is 1. The molecule has 0 aromatic heterocycles. The van der Waals surface area contributed by atoms with Crippen LogP contribution in [-0.4, -0.2) is 42.9 Å². The van der Waals surface area contributed by atoms with E-state index < -0.39 is 0 Å². The fraction of sp³-hybridized carbons (Fsp3) is 0.385. The lowest BCUT2D eigenvalue weighted by Gasteiger charge is -2.18. The number of carbonyl (C=O) groups is 2. The van der Waals surface area contributed by atoms with Gasteiger partial charge in [-0.05, 0) is 18.2 Å². The Morgan fingerprint density at radius 2 is 2.25 bits per heavy atom. The molecule has 20 heavy (non-hydrogen) atoms. The monoisotopic (exact) mass is 296 g/mol. The third-order valence-electron chi connectivity index (χ3n) is 3.06. The highest BCUT2D eigenvalue weighted by molar-refractivity contribution is 6.31. The molecule has 0 atom stereocenters. The van der Waals surface area contributed by atoms with Crippen molar-refractivity contribution >= 4 is 34.8 Å². The summed E-state index contributed by atoms with van der Waals surface area (Å²) >= 11 is 5.87. The fourth-order valence-electron chi connectivity index (χ4n) is 2.00. The molecule has 1 aliphatic rings. The normalized spacial score (nSPS) is 16.4. The van der Waals surface area contributed by atoms with E-state index in [4.69, 9.17) is 17.3 Å². The van der Waals surface area contributed by atoms with Gasteiger partial charge in [0, 0.05) is 31.1 Å². The average molecular weight is 297 g/mol. The second-order valence-corrected chi connectivity index (χ2v) is 5.09. The SMILES string of the molecule is Nc1ccc(Cl)cc1NC(=O)CN1CCNC(=O)CC1. The number of nitrogen functional groups attached to an aromatic ring is 1. The highest BCUT2D eigenvalue weighted by Gasteiger charge is 2.16. The van der Waals surface area contributed by atoms with Crippen molar-refractivity contribution < 1.29 is 9.59 Å². The molecule has 1 aromatic rings. The van der Waals surface area contributed by atoms with Crippen LogP contribution >= 0.6 is 11.6 Å². The van der Waals surface area contributed by atoms with Crippen molar-refractivity contribution in [2.24, 2.45) is 0 Å². The predicted molar refractivity (Wildman–Crippen MR) is 78.6 cm³/mol. The van der Waals surface area contributed by atoms with Crippen LogP contribution in [0.1, 0.15) is 6.42 Å². The maximum absolute atomic E-state index is 12.0. The second-order valence-electron chi connectivity index (χ2n) is 4.66. The Hall–Kier alpha value is -1.79. The van der Waals surface area contributed by atoms with Crippen LogP contribution in [0.25, 0.3) is 0 Å². The lowest BCUT2D eigenvalue weighted by molar-refractivity contribution is -0.121. The largest absolute Gasteiger partial charge is 0.397 e. The minimum absolute atomic E-state index is 0.0204. The summed E-state index contributed by atoms with van der Waals surface area (Å²) in [5, 5.41) is 6.01. The van der Waals surface area contributed by atoms with E-state index in [1.165, 1.54) is 0 Å². The molecule has 108 valence electrons. The number of nitrogens with one attached hydrogen (secondary N) is 2. The van der Waals surface area contributed by atoms with Crippen molar-refractivity contribution in [2.45, 2.75) is 6.42 Å². The van der Waals surface area contributed by atoms with Crippen LogP contribution in [0, 0.1) is 0 Å². The molecule has 1 saturated heterocycles. The number of carbonyl (C=O) groups excluding carboxylic acids is 2. The molecule has 0 spiro atoms. The Morgan fingerprint density at radius 3 is 3.05 bits per heavy atom. The Kier molecular flexibility index (Phi) is 4.81. The van der Waals surface area contributed by atoms with E-state index in [0.717, 1.165) is 0 Å². The average Bonchev–Trinajstić information content (AvgIpc) is 2.59. The highest BCUT2D eigenvalue weighted by Crippen LogP contribution is 2.22. The first kappa shape index (κ1) is 14.6. The van der Waals surface area contributed by atoms with Crippen LogP contribution in [0.4, 0.5) is 11.4 Å². The maximum Gasteiger partial charge on any atom is 0.238 e. The van der Waals surface area contributed by atoms with E-state index in [2.05, 4.69) is 10.6 Å². The fourth-order valence-corrected chi connectivity index (χ4v) is 2.17. The Morgan fingerprint density at radius 1 is 1.45 bits per heavy atom. The van der Waals surface area contributed by atoms with Gasteiger partial charge in [0.25, 0.3) is 0 Å². The quantitative estimate of drug-likeness (QED) is 0.716. The van der Waals surface area contributed by atoms with Crippen LogP contribution < -0.4 is 16.4 Å². The Labute approximate surface area is 122 Å². The smallest absolute Gasteiger partial charge is 0.238 e. The van der Waals surface area contributed by atoms with Crippen LogP contribution in [-0.2, 0) is 9.59 Å². The number of halogens is 1. The van der Waals surface area contributed by atoms with Crippen LogP contribution in [0.2, 0.25) is 5.02 Å². The van der Waals surface area contributed by atoms with E-state index in [1.807, 2.05) is 4.90 Å². The zero-order valence-corrected chi connectivity index (χ0v) is 11.7. The number of nitrogens with two attached hydrogens (primary N) is 1. The zero-order valence-electron chi connectivity index (χ0n) is 11.0. The zero-order chi connectivity index (χ0) is 14.5. The molecule has 0 saturated carbocycles. The molecular formula is C13H17ClN4O2. The van der Waals surface area contributed by atoms with Crippen molar-refractivity contribution in [1.29, 1.82) is 0 Å². The van der Waals surface area contributed by atoms with Gasteiger partial charge in [0.2, 0.25) is 11.8 Å². The summed E-state index contributed by atoms with van der Waals surface area (Å²) in [6, 6.07) is 4.92. The van der Waals surface area contributed by atoms with Crippen LogP contribution in [0.5, 0.6) is 0 Å². The summed E-state index contributed by atoms with van der Waals surface area (Å²) in [7, 11) is 0. The first-order valence-corrected chi connectivity index (χ1v) is 6.76. The predicted octanol–water partition coefficient (Wildman–Crippen LogP) is 0.683. The number of amides is 2. The number of hydrogen-bond donors (Lipinski definition) is 3. The summed E-state index contributed by atoms with van der Waals surface area (Å²) in [6.07, 6.45) is 0.409. The number of anilines is 2.